The van der Waals surface area contributed by atoms with Crippen LogP contribution < -0.4 is 10.6 Å². The predicted octanol–water partition coefficient (Wildman–Crippen LogP) is 4.33. The minimum Gasteiger partial charge on any atom is -0.320 e. The summed E-state index contributed by atoms with van der Waals surface area (Å²) in [6.07, 6.45) is 1.51. The third kappa shape index (κ3) is 4.30. The summed E-state index contributed by atoms with van der Waals surface area (Å²) < 4.78 is 0. The monoisotopic (exact) mass is 418 g/mol. The van der Waals surface area contributed by atoms with Crippen LogP contribution in [0.2, 0.25) is 10.0 Å². The van der Waals surface area contributed by atoms with Crippen LogP contribution in [-0.2, 0) is 19.4 Å². The van der Waals surface area contributed by atoms with E-state index in [0.717, 1.165) is 35.8 Å². The zero-order chi connectivity index (χ0) is 18.8. The van der Waals surface area contributed by atoms with E-state index in [1.54, 1.807) is 12.1 Å². The quantitative estimate of drug-likeness (QED) is 0.661. The smallest absolute Gasteiger partial charge is 0.286 e. The first kappa shape index (κ1) is 18.4. The number of nitrogens with one attached hydrogen (secondary N) is 2. The molecule has 2 aromatic carbocycles. The Hall–Kier alpha value is -1.99. The van der Waals surface area contributed by atoms with Crippen molar-refractivity contribution >= 4 is 46.1 Å². The van der Waals surface area contributed by atoms with Gasteiger partial charge in [-0.15, -0.1) is 10.2 Å². The van der Waals surface area contributed by atoms with E-state index in [4.69, 9.17) is 23.2 Å². The van der Waals surface area contributed by atoms with E-state index in [9.17, 15) is 4.79 Å². The van der Waals surface area contributed by atoms with Gasteiger partial charge in [0.2, 0.25) is 5.01 Å². The highest BCUT2D eigenvalue weighted by Crippen LogP contribution is 2.25. The molecule has 0 spiro atoms. The Kier molecular flexibility index (Phi) is 5.41. The molecule has 2 heterocycles. The molecule has 0 atom stereocenters. The van der Waals surface area contributed by atoms with Gasteiger partial charge in [0.15, 0.2) is 0 Å². The van der Waals surface area contributed by atoms with Gasteiger partial charge in [-0.25, -0.2) is 0 Å². The Balaban J connectivity index is 1.44. The number of aromatic nitrogens is 2. The van der Waals surface area contributed by atoms with Crippen molar-refractivity contribution in [2.45, 2.75) is 19.4 Å². The summed E-state index contributed by atoms with van der Waals surface area (Å²) >= 11 is 13.3. The van der Waals surface area contributed by atoms with Gasteiger partial charge in [-0.2, -0.15) is 0 Å². The number of amides is 1. The molecule has 8 heteroatoms. The summed E-state index contributed by atoms with van der Waals surface area (Å²) in [4.78, 5) is 12.5. The van der Waals surface area contributed by atoms with Gasteiger partial charge in [0.05, 0.1) is 10.0 Å². The SMILES string of the molecule is O=C(Nc1ccc2c(c1)CCNC2)c1nnc(Cc2ccc(Cl)c(Cl)c2)s1. The first-order valence-electron chi connectivity index (χ1n) is 8.48. The molecule has 2 N–H and O–H groups in total. The molecular formula is C19H16Cl2N4OS. The normalized spacial score (nSPS) is 13.3. The van der Waals surface area contributed by atoms with Gasteiger partial charge in [-0.1, -0.05) is 46.7 Å². The van der Waals surface area contributed by atoms with Crippen LogP contribution in [0.15, 0.2) is 36.4 Å². The van der Waals surface area contributed by atoms with Crippen molar-refractivity contribution in [3.8, 4) is 0 Å². The molecular weight excluding hydrogens is 403 g/mol. The number of anilines is 1. The van der Waals surface area contributed by atoms with Crippen LogP contribution in [-0.4, -0.2) is 22.6 Å². The molecule has 4 rings (SSSR count). The molecule has 138 valence electrons. The molecule has 0 aliphatic carbocycles. The fourth-order valence-corrected chi connectivity index (χ4v) is 4.07. The molecule has 0 unspecified atom stereocenters. The third-order valence-corrected chi connectivity index (χ3v) is 6.01. The minimum absolute atomic E-state index is 0.248. The van der Waals surface area contributed by atoms with E-state index in [1.807, 2.05) is 24.3 Å². The Labute approximate surface area is 170 Å². The Morgan fingerprint density at radius 3 is 2.85 bits per heavy atom. The number of halogens is 2. The maximum Gasteiger partial charge on any atom is 0.286 e. The van der Waals surface area contributed by atoms with E-state index in [2.05, 4.69) is 20.8 Å². The third-order valence-electron chi connectivity index (χ3n) is 4.35. The summed E-state index contributed by atoms with van der Waals surface area (Å²) in [7, 11) is 0. The van der Waals surface area contributed by atoms with Gasteiger partial charge in [-0.3, -0.25) is 4.79 Å². The molecule has 0 bridgehead atoms. The van der Waals surface area contributed by atoms with E-state index in [0.29, 0.717) is 21.5 Å². The molecule has 3 aromatic rings. The van der Waals surface area contributed by atoms with Crippen LogP contribution in [0.5, 0.6) is 0 Å². The number of rotatable bonds is 4. The second-order valence-electron chi connectivity index (χ2n) is 6.29. The molecule has 0 saturated heterocycles. The Bertz CT molecular complexity index is 1010. The number of fused-ring (bicyclic) bond motifs is 1. The highest BCUT2D eigenvalue weighted by molar-refractivity contribution is 7.13. The lowest BCUT2D eigenvalue weighted by Crippen LogP contribution is -2.23. The summed E-state index contributed by atoms with van der Waals surface area (Å²) in [6, 6.07) is 11.4. The maximum atomic E-state index is 12.5. The minimum atomic E-state index is -0.248. The lowest BCUT2D eigenvalue weighted by atomic mass is 10.0. The van der Waals surface area contributed by atoms with E-state index >= 15 is 0 Å². The van der Waals surface area contributed by atoms with Crippen LogP contribution in [0, 0.1) is 0 Å². The van der Waals surface area contributed by atoms with Gasteiger partial charge < -0.3 is 10.6 Å². The fraction of sp³-hybridized carbons (Fsp3) is 0.211. The van der Waals surface area contributed by atoms with Gasteiger partial charge in [0.1, 0.15) is 5.01 Å². The van der Waals surface area contributed by atoms with E-state index in [-0.39, 0.29) is 5.91 Å². The largest absolute Gasteiger partial charge is 0.320 e. The van der Waals surface area contributed by atoms with Crippen molar-refractivity contribution < 1.29 is 4.79 Å². The second-order valence-corrected chi connectivity index (χ2v) is 8.17. The summed E-state index contributed by atoms with van der Waals surface area (Å²) in [5, 5.41) is 16.5. The predicted molar refractivity (Wildman–Crippen MR) is 109 cm³/mol. The van der Waals surface area contributed by atoms with Crippen molar-refractivity contribution in [3.05, 3.63) is 73.1 Å². The molecule has 1 aliphatic heterocycles. The van der Waals surface area contributed by atoms with Gasteiger partial charge >= 0.3 is 0 Å². The van der Waals surface area contributed by atoms with Crippen LogP contribution in [0.25, 0.3) is 0 Å². The van der Waals surface area contributed by atoms with Crippen LogP contribution in [0.4, 0.5) is 5.69 Å². The van der Waals surface area contributed by atoms with Crippen LogP contribution in [0.3, 0.4) is 0 Å². The number of hydrogen-bond acceptors (Lipinski definition) is 5. The lowest BCUT2D eigenvalue weighted by molar-refractivity contribution is 0.102. The van der Waals surface area contributed by atoms with Crippen molar-refractivity contribution in [1.29, 1.82) is 0 Å². The summed E-state index contributed by atoms with van der Waals surface area (Å²) in [5.41, 5.74) is 4.29. The Morgan fingerprint density at radius 2 is 2.00 bits per heavy atom. The van der Waals surface area contributed by atoms with Gasteiger partial charge in [-0.05, 0) is 53.9 Å². The van der Waals surface area contributed by atoms with Gasteiger partial charge in [0, 0.05) is 18.7 Å². The standard InChI is InChI=1S/C19H16Cl2N4OS/c20-15-4-1-11(7-16(15)21)8-17-24-25-19(27-17)18(26)23-14-3-2-13-10-22-6-5-12(13)9-14/h1-4,7,9,22H,5-6,8,10H2,(H,23,26). The molecule has 0 fully saturated rings. The molecule has 5 nitrogen and oxygen atoms in total. The number of nitrogens with zero attached hydrogens (tertiary/aromatic N) is 2. The van der Waals surface area contributed by atoms with Crippen molar-refractivity contribution in [3.63, 3.8) is 0 Å². The summed E-state index contributed by atoms with van der Waals surface area (Å²) in [6.45, 7) is 1.83. The van der Waals surface area contributed by atoms with Crippen molar-refractivity contribution in [2.24, 2.45) is 0 Å². The van der Waals surface area contributed by atoms with Crippen molar-refractivity contribution in [1.82, 2.24) is 15.5 Å². The number of carbonyl (C=O) groups excluding carboxylic acids is 1. The topological polar surface area (TPSA) is 66.9 Å². The zero-order valence-electron chi connectivity index (χ0n) is 14.3. The molecule has 1 aromatic heterocycles. The number of hydrogen-bond donors (Lipinski definition) is 2. The zero-order valence-corrected chi connectivity index (χ0v) is 16.6. The fourth-order valence-electron chi connectivity index (χ4n) is 2.98. The lowest BCUT2D eigenvalue weighted by Gasteiger charge is -2.17. The first-order valence-corrected chi connectivity index (χ1v) is 10.1. The first-order chi connectivity index (χ1) is 13.1. The van der Waals surface area contributed by atoms with E-state index in [1.165, 1.54) is 22.5 Å². The molecule has 1 amide bonds. The maximum absolute atomic E-state index is 12.5. The Morgan fingerprint density at radius 1 is 1.11 bits per heavy atom. The van der Waals surface area contributed by atoms with Crippen LogP contribution in [0.1, 0.15) is 31.5 Å². The average Bonchev–Trinajstić information content (AvgIpc) is 3.13. The van der Waals surface area contributed by atoms with Gasteiger partial charge in [0.25, 0.3) is 5.91 Å². The molecule has 1 aliphatic rings. The second kappa shape index (κ2) is 7.94. The molecule has 0 radical (unpaired) electrons. The number of benzene rings is 2. The highest BCUT2D eigenvalue weighted by atomic mass is 35.5. The highest BCUT2D eigenvalue weighted by Gasteiger charge is 2.15. The van der Waals surface area contributed by atoms with E-state index < -0.39 is 0 Å². The average molecular weight is 419 g/mol. The summed E-state index contributed by atoms with van der Waals surface area (Å²) in [5.74, 6) is -0.248. The molecule has 0 saturated carbocycles. The van der Waals surface area contributed by atoms with Crippen LogP contribution >= 0.6 is 34.5 Å². The van der Waals surface area contributed by atoms with Crippen molar-refractivity contribution in [2.75, 3.05) is 11.9 Å². The number of carbonyl (C=O) groups is 1. The molecule has 27 heavy (non-hydrogen) atoms.